The zero-order valence-corrected chi connectivity index (χ0v) is 16.4. The predicted molar refractivity (Wildman–Crippen MR) is 105 cm³/mol. The number of aromatic nitrogens is 3. The van der Waals surface area contributed by atoms with Gasteiger partial charge >= 0.3 is 0 Å². The first-order chi connectivity index (χ1) is 13.4. The van der Waals surface area contributed by atoms with Crippen molar-refractivity contribution < 1.29 is 13.4 Å². The standard InChI is InChI=1S/C19H21N5O3S/c1-23(13-17-21-16-7-3-2-6-15(16)19(25)22-17)18-9-8-14(12-20-18)28(26,27)24-10-4-5-11-24/h2-3,6-9,12H,4-5,10-11,13H2,1H3,(H,21,22,25)/p+1. The number of hydrogen-bond donors (Lipinski definition) is 1. The smallest absolute Gasteiger partial charge is 0.274 e. The number of anilines is 1. The third-order valence-electron chi connectivity index (χ3n) is 4.93. The molecule has 0 spiro atoms. The van der Waals surface area contributed by atoms with Gasteiger partial charge in [0.2, 0.25) is 10.0 Å². The summed E-state index contributed by atoms with van der Waals surface area (Å²) < 4.78 is 26.7. The van der Waals surface area contributed by atoms with Crippen molar-refractivity contribution in [2.75, 3.05) is 25.0 Å². The molecular formula is C19H22N5O3S+. The highest BCUT2D eigenvalue weighted by Crippen LogP contribution is 2.20. The minimum Gasteiger partial charge on any atom is -0.307 e. The van der Waals surface area contributed by atoms with E-state index >= 15 is 0 Å². The highest BCUT2D eigenvalue weighted by Gasteiger charge is 2.28. The molecule has 9 heteroatoms. The van der Waals surface area contributed by atoms with Gasteiger partial charge < -0.3 is 4.98 Å². The Morgan fingerprint density at radius 3 is 2.64 bits per heavy atom. The number of nitrogens with zero attached hydrogens (tertiary/aromatic N) is 3. The van der Waals surface area contributed by atoms with Crippen LogP contribution in [-0.4, -0.2) is 42.8 Å². The Hall–Kier alpha value is -2.78. The Morgan fingerprint density at radius 2 is 1.93 bits per heavy atom. The van der Waals surface area contributed by atoms with E-state index in [1.54, 1.807) is 30.3 Å². The minimum atomic E-state index is -3.45. The number of benzene rings is 1. The maximum atomic E-state index is 12.6. The first-order valence-electron chi connectivity index (χ1n) is 9.16. The lowest BCUT2D eigenvalue weighted by Crippen LogP contribution is -2.30. The summed E-state index contributed by atoms with van der Waals surface area (Å²) in [7, 11) is -1.60. The van der Waals surface area contributed by atoms with Crippen LogP contribution in [0, 0.1) is 0 Å². The average Bonchev–Trinajstić information content (AvgIpc) is 3.24. The van der Waals surface area contributed by atoms with Gasteiger partial charge in [-0.15, -0.1) is 0 Å². The van der Waals surface area contributed by atoms with Crippen LogP contribution < -0.4 is 15.4 Å². The molecule has 28 heavy (non-hydrogen) atoms. The van der Waals surface area contributed by atoms with Gasteiger partial charge in [0.25, 0.3) is 11.4 Å². The minimum absolute atomic E-state index is 0.176. The SMILES string of the molecule is CN(Cc1nc2ccccc2c(=O)[nH]1)c1ccc(S(=O)(=O)N2CCCC2)c[nH+]1. The zero-order chi connectivity index (χ0) is 19.7. The molecule has 0 radical (unpaired) electrons. The van der Waals surface area contributed by atoms with Crippen molar-refractivity contribution in [2.45, 2.75) is 24.3 Å². The van der Waals surface area contributed by atoms with Gasteiger partial charge in [0.15, 0.2) is 5.82 Å². The number of hydrogen-bond acceptors (Lipinski definition) is 5. The van der Waals surface area contributed by atoms with E-state index in [4.69, 9.17) is 0 Å². The summed E-state index contributed by atoms with van der Waals surface area (Å²) >= 11 is 0. The summed E-state index contributed by atoms with van der Waals surface area (Å²) in [4.78, 5) is 24.7. The topological polar surface area (TPSA) is 101 Å². The first-order valence-corrected chi connectivity index (χ1v) is 10.6. The number of sulfonamides is 1. The zero-order valence-electron chi connectivity index (χ0n) is 15.6. The van der Waals surface area contributed by atoms with Gasteiger partial charge in [0.05, 0.1) is 18.0 Å². The van der Waals surface area contributed by atoms with Crippen LogP contribution in [-0.2, 0) is 16.6 Å². The van der Waals surface area contributed by atoms with Crippen LogP contribution >= 0.6 is 0 Å². The van der Waals surface area contributed by atoms with Crippen molar-refractivity contribution in [2.24, 2.45) is 0 Å². The van der Waals surface area contributed by atoms with Crippen LogP contribution in [0.2, 0.25) is 0 Å². The monoisotopic (exact) mass is 400 g/mol. The fourth-order valence-electron chi connectivity index (χ4n) is 3.40. The van der Waals surface area contributed by atoms with Crippen molar-refractivity contribution >= 4 is 26.7 Å². The highest BCUT2D eigenvalue weighted by molar-refractivity contribution is 7.89. The summed E-state index contributed by atoms with van der Waals surface area (Å²) in [5.41, 5.74) is 0.468. The molecule has 1 fully saturated rings. The van der Waals surface area contributed by atoms with Gasteiger partial charge in [-0.2, -0.15) is 4.31 Å². The third kappa shape index (κ3) is 3.50. The van der Waals surface area contributed by atoms with Crippen LogP contribution in [0.4, 0.5) is 5.82 Å². The summed E-state index contributed by atoms with van der Waals surface area (Å²) in [6.07, 6.45) is 3.32. The van der Waals surface area contributed by atoms with E-state index in [1.807, 2.05) is 18.0 Å². The fourth-order valence-corrected chi connectivity index (χ4v) is 4.88. The number of para-hydroxylation sites is 1. The molecule has 0 aliphatic carbocycles. The van der Waals surface area contributed by atoms with E-state index in [-0.39, 0.29) is 10.5 Å². The largest absolute Gasteiger partial charge is 0.307 e. The number of fused-ring (bicyclic) bond motifs is 1. The van der Waals surface area contributed by atoms with Gasteiger partial charge in [-0.05, 0) is 31.0 Å². The summed E-state index contributed by atoms with van der Waals surface area (Å²) in [6.45, 7) is 1.52. The van der Waals surface area contributed by atoms with Crippen molar-refractivity contribution in [3.05, 3.63) is 58.8 Å². The van der Waals surface area contributed by atoms with Crippen molar-refractivity contribution in [1.82, 2.24) is 14.3 Å². The highest BCUT2D eigenvalue weighted by atomic mass is 32.2. The van der Waals surface area contributed by atoms with Crippen molar-refractivity contribution in [1.29, 1.82) is 0 Å². The predicted octanol–water partition coefficient (Wildman–Crippen LogP) is 1.16. The molecular weight excluding hydrogens is 378 g/mol. The number of pyridine rings is 1. The van der Waals surface area contributed by atoms with Gasteiger partial charge in [0, 0.05) is 19.2 Å². The molecule has 2 N–H and O–H groups in total. The number of H-pyrrole nitrogens is 2. The summed E-state index contributed by atoms with van der Waals surface area (Å²) in [6, 6.07) is 10.5. The summed E-state index contributed by atoms with van der Waals surface area (Å²) in [5.74, 6) is 1.25. The molecule has 1 aliphatic rings. The lowest BCUT2D eigenvalue weighted by Gasteiger charge is -2.15. The molecule has 0 saturated carbocycles. The molecule has 1 aliphatic heterocycles. The second-order valence-corrected chi connectivity index (χ2v) is 8.84. The lowest BCUT2D eigenvalue weighted by molar-refractivity contribution is -0.367. The maximum absolute atomic E-state index is 12.6. The number of nitrogens with one attached hydrogen (secondary N) is 2. The number of aromatic amines is 2. The molecule has 0 amide bonds. The molecule has 3 aromatic rings. The van der Waals surface area contributed by atoms with Crippen LogP contribution in [0.1, 0.15) is 18.7 Å². The van der Waals surface area contributed by atoms with Crippen molar-refractivity contribution in [3.8, 4) is 0 Å². The molecule has 3 heterocycles. The van der Waals surface area contributed by atoms with Crippen molar-refractivity contribution in [3.63, 3.8) is 0 Å². The molecule has 1 saturated heterocycles. The quantitative estimate of drug-likeness (QED) is 0.693. The van der Waals surface area contributed by atoms with Gasteiger partial charge in [0.1, 0.15) is 17.6 Å². The molecule has 0 unspecified atom stereocenters. The van der Waals surface area contributed by atoms with Crippen LogP contribution in [0.5, 0.6) is 0 Å². The molecule has 8 nitrogen and oxygen atoms in total. The summed E-state index contributed by atoms with van der Waals surface area (Å²) in [5, 5.41) is 0.553. The van der Waals surface area contributed by atoms with Crippen LogP contribution in [0.15, 0.2) is 52.3 Å². The molecule has 146 valence electrons. The van der Waals surface area contributed by atoms with E-state index in [9.17, 15) is 13.2 Å². The van der Waals surface area contributed by atoms with Gasteiger partial charge in [-0.3, -0.25) is 9.69 Å². The Bertz CT molecular complexity index is 1150. The first kappa shape index (κ1) is 18.6. The van der Waals surface area contributed by atoms with E-state index in [0.29, 0.717) is 36.4 Å². The molecule has 0 atom stereocenters. The van der Waals surface area contributed by atoms with Gasteiger partial charge in [-0.25, -0.2) is 18.4 Å². The Morgan fingerprint density at radius 1 is 1.18 bits per heavy atom. The Labute approximate surface area is 162 Å². The Kier molecular flexibility index (Phi) is 4.86. The van der Waals surface area contributed by atoms with Crippen LogP contribution in [0.25, 0.3) is 10.9 Å². The number of rotatable bonds is 5. The Balaban J connectivity index is 1.54. The van der Waals surface area contributed by atoms with Gasteiger partial charge in [-0.1, -0.05) is 12.1 Å². The van der Waals surface area contributed by atoms with Crippen LogP contribution in [0.3, 0.4) is 0 Å². The normalized spacial score (nSPS) is 15.2. The lowest BCUT2D eigenvalue weighted by atomic mass is 10.2. The molecule has 1 aromatic carbocycles. The van der Waals surface area contributed by atoms with E-state index < -0.39 is 10.0 Å². The third-order valence-corrected chi connectivity index (χ3v) is 6.83. The van der Waals surface area contributed by atoms with E-state index in [1.165, 1.54) is 10.5 Å². The molecule has 2 aromatic heterocycles. The molecule has 4 rings (SSSR count). The van der Waals surface area contributed by atoms with E-state index in [0.717, 1.165) is 18.7 Å². The van der Waals surface area contributed by atoms with E-state index in [2.05, 4.69) is 15.0 Å². The maximum Gasteiger partial charge on any atom is 0.274 e. The second kappa shape index (κ2) is 7.33. The molecule has 0 bridgehead atoms. The average molecular weight is 400 g/mol. The second-order valence-electron chi connectivity index (χ2n) is 6.91. The fraction of sp³-hybridized carbons (Fsp3) is 0.316.